The molecule has 2 aromatic heterocycles. The number of hydrogen-bond acceptors (Lipinski definition) is 6. The number of fused-ring (bicyclic) bond motifs is 2. The molecule has 2 N–H and O–H groups in total. The molecule has 1 aliphatic carbocycles. The molecule has 0 unspecified atom stereocenters. The fraction of sp³-hybridized carbons (Fsp3) is 0.318. The molecule has 0 atom stereocenters. The van der Waals surface area contributed by atoms with Crippen LogP contribution in [0.1, 0.15) is 34.7 Å². The van der Waals surface area contributed by atoms with Gasteiger partial charge in [-0.05, 0) is 54.7 Å². The van der Waals surface area contributed by atoms with Crippen LogP contribution in [0.3, 0.4) is 0 Å². The standard InChI is InChI=1S/C22H23N5O3/c1-27-18-8-6-15(20(28)23-9-10-29-2)11-17(18)24-21(27)26-22-25-16-7-5-14(13-3-4-13)12-19(16)30-22/h5-8,11-13H,3-4,9-10H2,1-2H3,(H,23,28)(H,24,25,26). The average Bonchev–Trinajstić information content (AvgIpc) is 3.45. The van der Waals surface area contributed by atoms with Crippen molar-refractivity contribution in [2.24, 2.45) is 7.05 Å². The number of ether oxygens (including phenoxy) is 1. The zero-order valence-corrected chi connectivity index (χ0v) is 16.9. The normalized spacial score (nSPS) is 13.8. The van der Waals surface area contributed by atoms with E-state index in [1.165, 1.54) is 18.4 Å². The Hall–Kier alpha value is -3.39. The topological polar surface area (TPSA) is 94.2 Å². The van der Waals surface area contributed by atoms with E-state index in [9.17, 15) is 4.79 Å². The number of rotatable bonds is 7. The fourth-order valence-electron chi connectivity index (χ4n) is 3.58. The highest BCUT2D eigenvalue weighted by molar-refractivity contribution is 5.97. The van der Waals surface area contributed by atoms with E-state index in [4.69, 9.17) is 9.15 Å². The smallest absolute Gasteiger partial charge is 0.302 e. The highest BCUT2D eigenvalue weighted by Crippen LogP contribution is 2.41. The number of hydrogen-bond donors (Lipinski definition) is 2. The van der Waals surface area contributed by atoms with Gasteiger partial charge in [-0.3, -0.25) is 10.1 Å². The molecular weight excluding hydrogens is 382 g/mol. The summed E-state index contributed by atoms with van der Waals surface area (Å²) in [4.78, 5) is 21.4. The van der Waals surface area contributed by atoms with E-state index in [1.54, 1.807) is 19.2 Å². The molecule has 0 saturated heterocycles. The largest absolute Gasteiger partial charge is 0.423 e. The number of aryl methyl sites for hydroxylation is 1. The number of benzene rings is 2. The molecule has 8 heteroatoms. The molecule has 0 aliphatic heterocycles. The summed E-state index contributed by atoms with van der Waals surface area (Å²) >= 11 is 0. The molecule has 1 saturated carbocycles. The van der Waals surface area contributed by atoms with Crippen molar-refractivity contribution in [3.8, 4) is 0 Å². The molecule has 1 fully saturated rings. The fourth-order valence-corrected chi connectivity index (χ4v) is 3.58. The van der Waals surface area contributed by atoms with Crippen LogP contribution in [-0.2, 0) is 11.8 Å². The highest BCUT2D eigenvalue weighted by atomic mass is 16.5. The SMILES string of the molecule is COCCNC(=O)c1ccc2c(c1)nc(Nc1nc3ccc(C4CC4)cc3o1)n2C. The third-order valence-corrected chi connectivity index (χ3v) is 5.41. The third-order valence-electron chi connectivity index (χ3n) is 5.41. The molecule has 5 rings (SSSR count). The summed E-state index contributed by atoms with van der Waals surface area (Å²) in [5.41, 5.74) is 5.07. The predicted octanol–water partition coefficient (Wildman–Crippen LogP) is 3.71. The summed E-state index contributed by atoms with van der Waals surface area (Å²) in [6.07, 6.45) is 2.49. The minimum Gasteiger partial charge on any atom is -0.423 e. The van der Waals surface area contributed by atoms with Gasteiger partial charge in [0.25, 0.3) is 5.91 Å². The number of imidazole rings is 1. The van der Waals surface area contributed by atoms with Crippen LogP contribution in [0, 0.1) is 0 Å². The first-order chi connectivity index (χ1) is 14.6. The van der Waals surface area contributed by atoms with Crippen molar-refractivity contribution < 1.29 is 13.9 Å². The summed E-state index contributed by atoms with van der Waals surface area (Å²) in [6.45, 7) is 0.931. The quantitative estimate of drug-likeness (QED) is 0.455. The molecule has 1 aliphatic rings. The van der Waals surface area contributed by atoms with Crippen molar-refractivity contribution in [1.29, 1.82) is 0 Å². The molecule has 2 heterocycles. The number of methoxy groups -OCH3 is 1. The van der Waals surface area contributed by atoms with Crippen molar-refractivity contribution in [2.75, 3.05) is 25.6 Å². The zero-order valence-electron chi connectivity index (χ0n) is 16.9. The number of amides is 1. The summed E-state index contributed by atoms with van der Waals surface area (Å²) < 4.78 is 12.8. The first-order valence-electron chi connectivity index (χ1n) is 10.0. The molecule has 4 aromatic rings. The second kappa shape index (κ2) is 7.46. The molecule has 0 spiro atoms. The van der Waals surface area contributed by atoms with E-state index >= 15 is 0 Å². The number of carbonyl (C=O) groups is 1. The first-order valence-corrected chi connectivity index (χ1v) is 10.0. The summed E-state index contributed by atoms with van der Waals surface area (Å²) in [7, 11) is 3.51. The molecular formula is C22H23N5O3. The second-order valence-electron chi connectivity index (χ2n) is 7.59. The Balaban J connectivity index is 1.39. The molecule has 0 bridgehead atoms. The van der Waals surface area contributed by atoms with Crippen LogP contribution in [0.4, 0.5) is 12.0 Å². The van der Waals surface area contributed by atoms with Gasteiger partial charge in [-0.25, -0.2) is 4.98 Å². The van der Waals surface area contributed by atoms with Crippen molar-refractivity contribution >= 4 is 40.0 Å². The van der Waals surface area contributed by atoms with E-state index in [0.29, 0.717) is 42.1 Å². The monoisotopic (exact) mass is 405 g/mol. The molecule has 154 valence electrons. The minimum atomic E-state index is -0.153. The maximum atomic E-state index is 12.3. The molecule has 2 aromatic carbocycles. The Kier molecular flexibility index (Phi) is 4.63. The summed E-state index contributed by atoms with van der Waals surface area (Å²) in [6, 6.07) is 12.0. The van der Waals surface area contributed by atoms with E-state index in [-0.39, 0.29) is 5.91 Å². The minimum absolute atomic E-state index is 0.153. The lowest BCUT2D eigenvalue weighted by Gasteiger charge is -2.04. The number of anilines is 2. The van der Waals surface area contributed by atoms with Crippen molar-refractivity contribution in [2.45, 2.75) is 18.8 Å². The predicted molar refractivity (Wildman–Crippen MR) is 114 cm³/mol. The van der Waals surface area contributed by atoms with E-state index in [2.05, 4.69) is 32.7 Å². The van der Waals surface area contributed by atoms with Crippen molar-refractivity contribution in [1.82, 2.24) is 19.9 Å². The van der Waals surface area contributed by atoms with Crippen molar-refractivity contribution in [3.05, 3.63) is 47.5 Å². The Morgan fingerprint density at radius 2 is 2.07 bits per heavy atom. The third kappa shape index (κ3) is 3.50. The van der Waals surface area contributed by atoms with Gasteiger partial charge in [-0.1, -0.05) is 6.07 Å². The van der Waals surface area contributed by atoms with Gasteiger partial charge in [0.2, 0.25) is 5.95 Å². The number of nitrogens with zero attached hydrogens (tertiary/aromatic N) is 3. The highest BCUT2D eigenvalue weighted by Gasteiger charge is 2.24. The molecule has 8 nitrogen and oxygen atoms in total. The average molecular weight is 405 g/mol. The van der Waals surface area contributed by atoms with E-state index in [1.807, 2.05) is 23.7 Å². The number of oxazole rings is 1. The zero-order chi connectivity index (χ0) is 20.7. The second-order valence-corrected chi connectivity index (χ2v) is 7.59. The van der Waals surface area contributed by atoms with Gasteiger partial charge in [0.05, 0.1) is 17.6 Å². The maximum absolute atomic E-state index is 12.3. The molecule has 1 amide bonds. The molecule has 0 radical (unpaired) electrons. The first kappa shape index (κ1) is 18.6. The van der Waals surface area contributed by atoms with Crippen molar-refractivity contribution in [3.63, 3.8) is 0 Å². The van der Waals surface area contributed by atoms with Gasteiger partial charge in [0.15, 0.2) is 5.58 Å². The van der Waals surface area contributed by atoms with E-state index in [0.717, 1.165) is 16.6 Å². The lowest BCUT2D eigenvalue weighted by Crippen LogP contribution is -2.26. The van der Waals surface area contributed by atoms with Gasteiger partial charge in [-0.2, -0.15) is 4.98 Å². The number of carbonyl (C=O) groups excluding carboxylic acids is 1. The van der Waals surface area contributed by atoms with E-state index < -0.39 is 0 Å². The van der Waals surface area contributed by atoms with Crippen LogP contribution in [0.15, 0.2) is 40.8 Å². The lowest BCUT2D eigenvalue weighted by atomic mass is 10.1. The van der Waals surface area contributed by atoms with Crippen LogP contribution in [0.25, 0.3) is 22.1 Å². The van der Waals surface area contributed by atoms with Gasteiger partial charge in [0.1, 0.15) is 5.52 Å². The Labute approximate surface area is 173 Å². The Morgan fingerprint density at radius 3 is 2.87 bits per heavy atom. The van der Waals surface area contributed by atoms with Crippen LogP contribution in [-0.4, -0.2) is 40.7 Å². The summed E-state index contributed by atoms with van der Waals surface area (Å²) in [5, 5.41) is 5.98. The molecule has 30 heavy (non-hydrogen) atoms. The van der Waals surface area contributed by atoms with Crippen LogP contribution < -0.4 is 10.6 Å². The maximum Gasteiger partial charge on any atom is 0.302 e. The van der Waals surface area contributed by atoms with Gasteiger partial charge in [0, 0.05) is 26.3 Å². The lowest BCUT2D eigenvalue weighted by molar-refractivity contribution is 0.0937. The summed E-state index contributed by atoms with van der Waals surface area (Å²) in [5.74, 6) is 1.10. The Bertz CT molecular complexity index is 1240. The number of aromatic nitrogens is 3. The number of nitrogens with one attached hydrogen (secondary N) is 2. The Morgan fingerprint density at radius 1 is 1.20 bits per heavy atom. The van der Waals surface area contributed by atoms with Crippen LogP contribution in [0.2, 0.25) is 0 Å². The van der Waals surface area contributed by atoms with Crippen LogP contribution in [0.5, 0.6) is 0 Å². The van der Waals surface area contributed by atoms with Gasteiger partial charge < -0.3 is 19.0 Å². The van der Waals surface area contributed by atoms with Gasteiger partial charge >= 0.3 is 6.01 Å². The van der Waals surface area contributed by atoms with Crippen LogP contribution >= 0.6 is 0 Å². The van der Waals surface area contributed by atoms with Gasteiger partial charge in [-0.15, -0.1) is 0 Å².